The van der Waals surface area contributed by atoms with Crippen LogP contribution in [0.4, 0.5) is 0 Å². The zero-order valence-electron chi connectivity index (χ0n) is 34.5. The van der Waals surface area contributed by atoms with Gasteiger partial charge in [0, 0.05) is 0 Å². The summed E-state index contributed by atoms with van der Waals surface area (Å²) in [5, 5.41) is 0. The average molecular weight is 681 g/mol. The van der Waals surface area contributed by atoms with Crippen LogP contribution in [0.2, 0.25) is 0 Å². The van der Waals surface area contributed by atoms with Crippen LogP contribution in [-0.2, 0) is 35.0 Å². The number of hydrogen-bond acceptors (Lipinski definition) is 2. The predicted octanol–water partition coefficient (Wildman–Crippen LogP) is 14.0. The third-order valence-electron chi connectivity index (χ3n) is 7.86. The first-order valence-electron chi connectivity index (χ1n) is 18.8. The third-order valence-corrected chi connectivity index (χ3v) is 7.86. The molecule has 4 aromatic carbocycles. The van der Waals surface area contributed by atoms with E-state index in [1.807, 2.05) is 37.3 Å². The summed E-state index contributed by atoms with van der Waals surface area (Å²) in [5.41, 5.74) is 7.80. The normalized spacial score (nSPS) is 11.6. The maximum Gasteiger partial charge on any atom is 0.119 e. The van der Waals surface area contributed by atoms with Crippen LogP contribution >= 0.6 is 0 Å². The molecule has 0 saturated carbocycles. The van der Waals surface area contributed by atoms with Gasteiger partial charge < -0.3 is 9.47 Å². The van der Waals surface area contributed by atoms with Crippen molar-refractivity contribution >= 4 is 0 Å². The van der Waals surface area contributed by atoms with Crippen molar-refractivity contribution < 1.29 is 9.47 Å². The van der Waals surface area contributed by atoms with Gasteiger partial charge >= 0.3 is 0 Å². The van der Waals surface area contributed by atoms with Gasteiger partial charge in [0.1, 0.15) is 5.75 Å². The molecule has 0 bridgehead atoms. The van der Waals surface area contributed by atoms with Crippen LogP contribution < -0.4 is 4.74 Å². The Morgan fingerprint density at radius 3 is 1.42 bits per heavy atom. The molecular formula is C48H72O2. The van der Waals surface area contributed by atoms with Crippen LogP contribution in [0.3, 0.4) is 0 Å². The first-order valence-corrected chi connectivity index (χ1v) is 18.8. The lowest BCUT2D eigenvalue weighted by Gasteiger charge is -2.19. The molecule has 4 aromatic rings. The van der Waals surface area contributed by atoms with Gasteiger partial charge in [-0.2, -0.15) is 0 Å². The molecule has 0 N–H and O–H groups in total. The number of hydrogen-bond donors (Lipinski definition) is 0. The minimum atomic E-state index is -0.0458. The van der Waals surface area contributed by atoms with Gasteiger partial charge in [-0.3, -0.25) is 0 Å². The molecule has 2 heteroatoms. The highest BCUT2D eigenvalue weighted by molar-refractivity contribution is 5.32. The molecular weight excluding hydrogens is 609 g/mol. The second kappa shape index (κ2) is 21.8. The van der Waals surface area contributed by atoms with Gasteiger partial charge in [-0.1, -0.05) is 173 Å². The molecule has 4 rings (SSSR count). The lowest BCUT2D eigenvalue weighted by molar-refractivity contribution is -0.0149. The highest BCUT2D eigenvalue weighted by Crippen LogP contribution is 2.26. The van der Waals surface area contributed by atoms with Crippen molar-refractivity contribution in [1.82, 2.24) is 0 Å². The molecule has 276 valence electrons. The molecule has 2 nitrogen and oxygen atoms in total. The van der Waals surface area contributed by atoms with E-state index >= 15 is 0 Å². The molecule has 0 spiro atoms. The Morgan fingerprint density at radius 1 is 0.480 bits per heavy atom. The summed E-state index contributed by atoms with van der Waals surface area (Å²) >= 11 is 0. The molecule has 0 unspecified atom stereocenters. The van der Waals surface area contributed by atoms with Gasteiger partial charge in [-0.25, -0.2) is 0 Å². The number of benzene rings is 4. The van der Waals surface area contributed by atoms with Crippen LogP contribution in [-0.4, -0.2) is 12.2 Å². The van der Waals surface area contributed by atoms with E-state index in [-0.39, 0.29) is 16.4 Å². The summed E-state index contributed by atoms with van der Waals surface area (Å²) in [6, 6.07) is 38.2. The van der Waals surface area contributed by atoms with Gasteiger partial charge in [0.05, 0.1) is 18.8 Å². The minimum absolute atomic E-state index is 0.0458. The van der Waals surface area contributed by atoms with Crippen LogP contribution in [0, 0.1) is 5.41 Å². The minimum Gasteiger partial charge on any atom is -0.494 e. The lowest BCUT2D eigenvalue weighted by Crippen LogP contribution is -2.18. The van der Waals surface area contributed by atoms with Crippen molar-refractivity contribution in [2.75, 3.05) is 6.61 Å². The molecule has 0 atom stereocenters. The Bertz CT molecular complexity index is 1310. The van der Waals surface area contributed by atoms with E-state index in [9.17, 15) is 0 Å². The van der Waals surface area contributed by atoms with Crippen molar-refractivity contribution in [2.45, 2.75) is 146 Å². The summed E-state index contributed by atoms with van der Waals surface area (Å²) in [6.45, 7) is 32.1. The first-order chi connectivity index (χ1) is 23.2. The van der Waals surface area contributed by atoms with Gasteiger partial charge in [0.25, 0.3) is 0 Å². The topological polar surface area (TPSA) is 18.5 Å². The average Bonchev–Trinajstić information content (AvgIpc) is 3.04. The molecule has 0 saturated heterocycles. The SMILES string of the molecule is CC(C)(C)CCc1ccccc1.CC(C)(C)OCc1ccccc1.CCCc1cccc(C(C)(C)C)c1.CCOc1cccc(C(C)(C)C)c1. The molecule has 0 radical (unpaired) electrons. The molecule has 0 aromatic heterocycles. The largest absolute Gasteiger partial charge is 0.494 e. The Kier molecular flexibility index (Phi) is 19.4. The second-order valence-corrected chi connectivity index (χ2v) is 17.3. The quantitative estimate of drug-likeness (QED) is 0.184. The smallest absolute Gasteiger partial charge is 0.119 e. The monoisotopic (exact) mass is 681 g/mol. The van der Waals surface area contributed by atoms with E-state index in [2.05, 4.69) is 169 Å². The second-order valence-electron chi connectivity index (χ2n) is 17.3. The predicted molar refractivity (Wildman–Crippen MR) is 221 cm³/mol. The molecule has 50 heavy (non-hydrogen) atoms. The maximum atomic E-state index is 5.62. The van der Waals surface area contributed by atoms with E-state index in [1.54, 1.807) is 0 Å². The molecule has 0 amide bonds. The van der Waals surface area contributed by atoms with Crippen molar-refractivity contribution in [3.63, 3.8) is 0 Å². The Morgan fingerprint density at radius 2 is 0.960 bits per heavy atom. The molecule has 0 aliphatic rings. The molecule has 0 heterocycles. The summed E-state index contributed by atoms with van der Waals surface area (Å²) < 4.78 is 11.1. The summed E-state index contributed by atoms with van der Waals surface area (Å²) in [4.78, 5) is 0. The third kappa shape index (κ3) is 21.7. The van der Waals surface area contributed by atoms with E-state index in [0.717, 1.165) is 12.4 Å². The highest BCUT2D eigenvalue weighted by Gasteiger charge is 2.14. The Labute approximate surface area is 309 Å². The maximum absolute atomic E-state index is 5.62. The Balaban J connectivity index is 0.000000334. The van der Waals surface area contributed by atoms with E-state index in [1.165, 1.54) is 53.5 Å². The van der Waals surface area contributed by atoms with Crippen molar-refractivity contribution in [3.8, 4) is 5.75 Å². The van der Waals surface area contributed by atoms with Gasteiger partial charge in [0.15, 0.2) is 0 Å². The number of aryl methyl sites for hydroxylation is 2. The van der Waals surface area contributed by atoms with E-state index < -0.39 is 0 Å². The fourth-order valence-electron chi connectivity index (χ4n) is 4.74. The number of rotatable bonds is 8. The fraction of sp³-hybridized carbons (Fsp3) is 0.500. The van der Waals surface area contributed by atoms with Gasteiger partial charge in [-0.05, 0) is 103 Å². The van der Waals surface area contributed by atoms with Crippen LogP contribution in [0.1, 0.15) is 138 Å². The summed E-state index contributed by atoms with van der Waals surface area (Å²) in [6.07, 6.45) is 4.89. The first kappa shape index (κ1) is 44.7. The molecule has 0 aliphatic carbocycles. The fourth-order valence-corrected chi connectivity index (χ4v) is 4.74. The van der Waals surface area contributed by atoms with Crippen molar-refractivity contribution in [2.24, 2.45) is 5.41 Å². The molecule has 0 fully saturated rings. The van der Waals surface area contributed by atoms with Gasteiger partial charge in [0.2, 0.25) is 0 Å². The van der Waals surface area contributed by atoms with Crippen LogP contribution in [0.25, 0.3) is 0 Å². The molecule has 0 aliphatic heterocycles. The zero-order chi connectivity index (χ0) is 37.8. The van der Waals surface area contributed by atoms with Crippen LogP contribution in [0.15, 0.2) is 109 Å². The highest BCUT2D eigenvalue weighted by atomic mass is 16.5. The zero-order valence-corrected chi connectivity index (χ0v) is 34.5. The number of ether oxygens (including phenoxy) is 2. The van der Waals surface area contributed by atoms with Crippen molar-refractivity contribution in [3.05, 3.63) is 137 Å². The van der Waals surface area contributed by atoms with E-state index in [4.69, 9.17) is 9.47 Å². The Hall–Kier alpha value is -3.36. The summed E-state index contributed by atoms with van der Waals surface area (Å²) in [7, 11) is 0. The van der Waals surface area contributed by atoms with Gasteiger partial charge in [-0.15, -0.1) is 0 Å². The lowest BCUT2D eigenvalue weighted by atomic mass is 9.86. The summed E-state index contributed by atoms with van der Waals surface area (Å²) in [5.74, 6) is 0.968. The van der Waals surface area contributed by atoms with Crippen molar-refractivity contribution in [1.29, 1.82) is 0 Å². The van der Waals surface area contributed by atoms with Crippen LogP contribution in [0.5, 0.6) is 5.75 Å². The van der Waals surface area contributed by atoms with E-state index in [0.29, 0.717) is 12.0 Å². The standard InChI is InChI=1S/C13H20.C12H18O.C12H18.C11H16O/c1-5-7-11-8-6-9-12(10-11)13(2,3)4;1-5-13-11-8-6-7-10(9-11)12(2,3)4;1-12(2,3)10-9-11-7-5-4-6-8-11;1-11(2,3)12-9-10-7-5-4-6-8-10/h6,8-10H,5,7H2,1-4H3;6-9H,5H2,1-4H3;4-8H,9-10H2,1-3H3;4-8H,9H2,1-3H3.